The van der Waals surface area contributed by atoms with Crippen molar-refractivity contribution in [3.63, 3.8) is 0 Å². The Balaban J connectivity index is -0.000000169. The first-order valence-electron chi connectivity index (χ1n) is 22.5. The van der Waals surface area contributed by atoms with Gasteiger partial charge in [-0.3, -0.25) is 72.2 Å². The molecule has 5 rings (SSSR count). The molecule has 5 fully saturated rings. The third-order valence-corrected chi connectivity index (χ3v) is 6.54. The second kappa shape index (κ2) is 51.3. The Bertz CT molecular complexity index is 1490. The molecule has 0 aromatic carbocycles. The van der Waals surface area contributed by atoms with Crippen LogP contribution in [0, 0.1) is 0 Å². The van der Waals surface area contributed by atoms with E-state index in [-0.39, 0.29) is 132 Å². The molecule has 24 heteroatoms. The number of carboxylic acid groups (broad SMARTS) is 1. The smallest absolute Gasteiger partial charge is 0.314 e. The number of nitrogens with zero attached hydrogens (tertiary/aromatic N) is 5. The summed E-state index contributed by atoms with van der Waals surface area (Å²) in [4.78, 5) is 156. The first-order valence-corrected chi connectivity index (χ1v) is 22.5. The lowest BCUT2D eigenvalue weighted by atomic mass is 10.3. The van der Waals surface area contributed by atoms with E-state index in [1.54, 1.807) is 0 Å². The highest BCUT2D eigenvalue weighted by Crippen LogP contribution is 2.17. The highest BCUT2D eigenvalue weighted by atomic mass is 16.6. The fraction of sp³-hybridized carbons (Fsp3) is 0.682. The van der Waals surface area contributed by atoms with Crippen LogP contribution in [0.5, 0.6) is 0 Å². The Morgan fingerprint density at radius 2 is 0.779 bits per heavy atom. The molecular weight excluding hydrogens is 899 g/mol. The molecule has 0 aromatic heterocycles. The number of nitrogens with two attached hydrogens (primary N) is 1. The number of isocyanates is 2. The summed E-state index contributed by atoms with van der Waals surface area (Å²) in [6, 6.07) is 0. The fourth-order valence-electron chi connectivity index (χ4n) is 3.94. The van der Waals surface area contributed by atoms with Gasteiger partial charge in [0.15, 0.2) is 6.67 Å². The van der Waals surface area contributed by atoms with Crippen molar-refractivity contribution >= 4 is 83.4 Å². The molecule has 0 spiro atoms. The molecule has 5 saturated heterocycles. The van der Waals surface area contributed by atoms with Gasteiger partial charge in [0.25, 0.3) is 0 Å². The van der Waals surface area contributed by atoms with Crippen molar-refractivity contribution in [2.75, 3.05) is 26.6 Å². The summed E-state index contributed by atoms with van der Waals surface area (Å²) in [6.45, 7) is 22.9. The minimum absolute atomic E-state index is 0.160. The molecule has 5 aliphatic rings. The number of carbonyl (C=O) groups is 12. The summed E-state index contributed by atoms with van der Waals surface area (Å²) in [6.07, 6.45) is 7.82. The van der Waals surface area contributed by atoms with E-state index in [0.29, 0.717) is 0 Å². The van der Waals surface area contributed by atoms with Gasteiger partial charge in [-0.2, -0.15) is 9.98 Å². The summed E-state index contributed by atoms with van der Waals surface area (Å²) in [7, 11) is 0. The van der Waals surface area contributed by atoms with Crippen molar-refractivity contribution in [3.8, 4) is 0 Å². The molecule has 0 radical (unpaired) electrons. The molecule has 5 aliphatic heterocycles. The number of imide groups is 3. The molecule has 0 saturated carbocycles. The molecule has 4 N–H and O–H groups in total. The maximum atomic E-state index is 11.2. The Hall–Kier alpha value is -6.64. The lowest BCUT2D eigenvalue weighted by Crippen LogP contribution is -2.43. The van der Waals surface area contributed by atoms with Crippen molar-refractivity contribution in [2.45, 2.75) is 172 Å². The number of ether oxygens (including phenoxy) is 2. The van der Waals surface area contributed by atoms with E-state index in [1.165, 1.54) is 31.4 Å². The fourth-order valence-corrected chi connectivity index (χ4v) is 3.94. The number of amides is 7. The van der Waals surface area contributed by atoms with Crippen LogP contribution in [-0.2, 0) is 76.6 Å². The monoisotopic (exact) mass is 974 g/mol. The average Bonchev–Trinajstić information content (AvgIpc) is 4.12. The van der Waals surface area contributed by atoms with Crippen LogP contribution in [0.4, 0.5) is 0 Å². The van der Waals surface area contributed by atoms with Gasteiger partial charge in [-0.25, -0.2) is 9.59 Å². The number of carboxylic acids is 1. The predicted molar refractivity (Wildman–Crippen MR) is 245 cm³/mol. The number of likely N-dealkylation sites (tertiary alicyclic amines) is 3. The zero-order valence-electron chi connectivity index (χ0n) is 41.7. The lowest BCUT2D eigenvalue weighted by Gasteiger charge is -2.20. The second-order valence-electron chi connectivity index (χ2n) is 12.8. The van der Waals surface area contributed by atoms with Crippen molar-refractivity contribution in [2.24, 2.45) is 15.7 Å². The van der Waals surface area contributed by atoms with Crippen LogP contribution in [0.25, 0.3) is 0 Å². The predicted octanol–water partition coefficient (Wildman–Crippen LogP) is 3.90. The van der Waals surface area contributed by atoms with Gasteiger partial charge in [-0.1, -0.05) is 95.4 Å². The number of carbonyl (C=O) groups excluding carboxylic acids is 13. The number of hydrogen-bond donors (Lipinski definition) is 3. The van der Waals surface area contributed by atoms with E-state index in [1.807, 2.05) is 34.6 Å². The van der Waals surface area contributed by atoms with Crippen LogP contribution in [-0.4, -0.2) is 130 Å². The number of nitrogens with one attached hydrogen (secondary N) is 1. The zero-order valence-corrected chi connectivity index (χ0v) is 41.7. The maximum Gasteiger partial charge on any atom is 0.314 e. The highest BCUT2D eigenvalue weighted by molar-refractivity contribution is 6.05. The molecule has 0 bridgehead atoms. The molecule has 0 atom stereocenters. The average molecular weight is 974 g/mol. The van der Waals surface area contributed by atoms with E-state index in [2.05, 4.69) is 66.3 Å². The third kappa shape index (κ3) is 43.3. The van der Waals surface area contributed by atoms with Crippen LogP contribution in [0.15, 0.2) is 9.98 Å². The van der Waals surface area contributed by atoms with Gasteiger partial charge in [0.2, 0.25) is 53.5 Å². The first kappa shape index (κ1) is 72.9. The SMILES string of the molecule is CC.CC.CCC.CCC.CCC.CCN.O=C(O)CCC(=O)NCN1C(=O)CCC1=O.O=C1CCC(=O)N1CN1C(=O)CCC1=O.O=C1CCC(=O)O1.O=C1CCC(=O)O1.O=C=NCN=C=O. The van der Waals surface area contributed by atoms with Crippen molar-refractivity contribution in [1.82, 2.24) is 20.0 Å². The highest BCUT2D eigenvalue weighted by Gasteiger charge is 2.36. The number of rotatable bonds is 9. The topological polar surface area (TPSA) is 350 Å². The van der Waals surface area contributed by atoms with Gasteiger partial charge in [0.1, 0.15) is 13.3 Å². The number of aliphatic carboxylic acids is 1. The van der Waals surface area contributed by atoms with E-state index >= 15 is 0 Å². The standard InChI is InChI=1S/C9H12N2O5.C9H10N2O4.2C4H4O3.C3H2N2O2.3C3H8.C2H7N.2C2H6/c12-6(1-4-9(15)16)10-5-11-7(13)2-3-8(11)14;12-6-1-2-7(13)10(6)5-11-8(14)3-4-9(11)15;2*5-3-1-2-4(6)7-3;6-2-4-1-5-3-7;3*1-3-2;1-2-3;2*1-2/h1-5H2,(H,10,12)(H,15,16);1-5H2;2*1-2H2;1H2;3*3H2,1-2H3;2-3H2,1H3;2*1-2H3. The molecule has 24 nitrogen and oxygen atoms in total. The van der Waals surface area contributed by atoms with Crippen molar-refractivity contribution < 1.29 is 81.7 Å². The Labute approximate surface area is 399 Å². The maximum absolute atomic E-state index is 11.2. The van der Waals surface area contributed by atoms with Crippen LogP contribution in [0.1, 0.15) is 172 Å². The van der Waals surface area contributed by atoms with Crippen LogP contribution in [0.3, 0.4) is 0 Å². The van der Waals surface area contributed by atoms with E-state index < -0.39 is 35.8 Å². The van der Waals surface area contributed by atoms with Gasteiger partial charge in [-0.05, 0) is 6.54 Å². The number of esters is 4. The molecule has 388 valence electrons. The summed E-state index contributed by atoms with van der Waals surface area (Å²) >= 11 is 0. The van der Waals surface area contributed by atoms with E-state index in [9.17, 15) is 67.1 Å². The normalized spacial score (nSPS) is 14.4. The molecule has 7 amide bonds. The largest absolute Gasteiger partial charge is 0.481 e. The summed E-state index contributed by atoms with van der Waals surface area (Å²) in [5.41, 5.74) is 4.85. The van der Waals surface area contributed by atoms with Crippen molar-refractivity contribution in [3.05, 3.63) is 0 Å². The Kier molecular flexibility index (Phi) is 55.1. The minimum atomic E-state index is -1.07. The molecule has 68 heavy (non-hydrogen) atoms. The Morgan fingerprint density at radius 1 is 0.529 bits per heavy atom. The number of cyclic esters (lactones) is 4. The molecule has 0 aliphatic carbocycles. The number of aliphatic imine (C=N–C) groups is 2. The second-order valence-corrected chi connectivity index (χ2v) is 12.8. The summed E-state index contributed by atoms with van der Waals surface area (Å²) < 4.78 is 8.17. The van der Waals surface area contributed by atoms with Gasteiger partial charge >= 0.3 is 29.8 Å². The molecule has 0 unspecified atom stereocenters. The molecule has 0 aromatic rings. The van der Waals surface area contributed by atoms with Gasteiger partial charge < -0.3 is 25.6 Å². The Morgan fingerprint density at radius 3 is 0.985 bits per heavy atom. The van der Waals surface area contributed by atoms with Gasteiger partial charge in [0, 0.05) is 44.9 Å². The number of hydrogen-bond acceptors (Lipinski definition) is 19. The van der Waals surface area contributed by atoms with Crippen LogP contribution in [0.2, 0.25) is 0 Å². The third-order valence-electron chi connectivity index (χ3n) is 6.54. The summed E-state index contributed by atoms with van der Waals surface area (Å²) in [5, 5.41) is 10.7. The van der Waals surface area contributed by atoms with Gasteiger partial charge in [0.05, 0.1) is 32.1 Å². The minimum Gasteiger partial charge on any atom is -0.481 e. The first-order chi connectivity index (χ1) is 32.2. The summed E-state index contributed by atoms with van der Waals surface area (Å²) in [5.74, 6) is -5.03. The molecule has 5 heterocycles. The van der Waals surface area contributed by atoms with E-state index in [0.717, 1.165) is 21.2 Å². The van der Waals surface area contributed by atoms with Crippen LogP contribution >= 0.6 is 0 Å². The van der Waals surface area contributed by atoms with Gasteiger partial charge in [-0.15, -0.1) is 0 Å². The van der Waals surface area contributed by atoms with Crippen LogP contribution < -0.4 is 11.1 Å². The lowest BCUT2D eigenvalue weighted by molar-refractivity contribution is -0.153. The van der Waals surface area contributed by atoms with Crippen molar-refractivity contribution in [1.29, 1.82) is 0 Å². The molecular formula is C44H75N7O17. The van der Waals surface area contributed by atoms with E-state index in [4.69, 9.17) is 10.8 Å². The quantitative estimate of drug-likeness (QED) is 0.0969. The zero-order chi connectivity index (χ0) is 54.0.